The zero-order valence-corrected chi connectivity index (χ0v) is 13.9. The van der Waals surface area contributed by atoms with Gasteiger partial charge in [0.25, 0.3) is 0 Å². The van der Waals surface area contributed by atoms with Gasteiger partial charge in [-0.1, -0.05) is 41.4 Å². The molecule has 0 fully saturated rings. The van der Waals surface area contributed by atoms with Crippen LogP contribution in [0.1, 0.15) is 35.7 Å². The maximum atomic E-state index is 11.3. The molecule has 0 unspecified atom stereocenters. The summed E-state index contributed by atoms with van der Waals surface area (Å²) in [4.78, 5) is 11.3. The minimum absolute atomic E-state index is 0.0806. The lowest BCUT2D eigenvalue weighted by Crippen LogP contribution is -2.01. The Hall–Kier alpha value is -1.52. The molecule has 110 valence electrons. The van der Waals surface area contributed by atoms with Crippen molar-refractivity contribution < 1.29 is 14.6 Å². The van der Waals surface area contributed by atoms with Gasteiger partial charge in [-0.3, -0.25) is 0 Å². The fourth-order valence-corrected chi connectivity index (χ4v) is 2.48. The van der Waals surface area contributed by atoms with Crippen molar-refractivity contribution in [3.63, 3.8) is 0 Å². The van der Waals surface area contributed by atoms with Crippen LogP contribution >= 0.6 is 27.5 Å². The molecular weight excluding hydrogens is 356 g/mol. The highest BCUT2D eigenvalue weighted by Crippen LogP contribution is 2.35. The molecule has 0 saturated carbocycles. The first-order chi connectivity index (χ1) is 9.88. The second-order valence-electron chi connectivity index (χ2n) is 4.88. The van der Waals surface area contributed by atoms with E-state index in [2.05, 4.69) is 15.9 Å². The molecule has 3 nitrogen and oxygen atoms in total. The summed E-state index contributed by atoms with van der Waals surface area (Å²) in [6.07, 6.45) is 0. The van der Waals surface area contributed by atoms with E-state index in [4.69, 9.17) is 16.3 Å². The summed E-state index contributed by atoms with van der Waals surface area (Å²) in [6, 6.07) is 10.1. The van der Waals surface area contributed by atoms with Crippen molar-refractivity contribution in [2.75, 3.05) is 0 Å². The normalized spacial score (nSPS) is 10.7. The van der Waals surface area contributed by atoms with Crippen LogP contribution in [-0.4, -0.2) is 11.1 Å². The topological polar surface area (TPSA) is 46.5 Å². The molecule has 1 N–H and O–H groups in total. The molecule has 0 bridgehead atoms. The Labute approximate surface area is 136 Å². The molecule has 0 aromatic heterocycles. The summed E-state index contributed by atoms with van der Waals surface area (Å²) >= 11 is 9.36. The maximum absolute atomic E-state index is 11.3. The van der Waals surface area contributed by atoms with Gasteiger partial charge in [0.1, 0.15) is 17.1 Å². The van der Waals surface area contributed by atoms with E-state index >= 15 is 0 Å². The molecule has 0 aliphatic rings. The van der Waals surface area contributed by atoms with Crippen LogP contribution < -0.4 is 4.74 Å². The zero-order valence-electron chi connectivity index (χ0n) is 11.6. The standard InChI is InChI=1S/C16H14BrClO3/c1-9(2)13-7-10(17)3-6-14(13)21-15-8-11(18)4-5-12(15)16(19)20/h3-9H,1-2H3,(H,19,20). The van der Waals surface area contributed by atoms with Gasteiger partial charge in [-0.05, 0) is 41.8 Å². The van der Waals surface area contributed by atoms with Gasteiger partial charge in [0.05, 0.1) is 0 Å². The van der Waals surface area contributed by atoms with Crippen LogP contribution in [-0.2, 0) is 0 Å². The molecule has 2 rings (SSSR count). The van der Waals surface area contributed by atoms with E-state index < -0.39 is 5.97 Å². The molecule has 0 radical (unpaired) electrons. The van der Waals surface area contributed by atoms with Gasteiger partial charge in [0, 0.05) is 15.6 Å². The highest BCUT2D eigenvalue weighted by Gasteiger charge is 2.15. The average molecular weight is 370 g/mol. The van der Waals surface area contributed by atoms with Crippen molar-refractivity contribution in [2.45, 2.75) is 19.8 Å². The first kappa shape index (κ1) is 15.9. The lowest BCUT2D eigenvalue weighted by atomic mass is 10.0. The summed E-state index contributed by atoms with van der Waals surface area (Å²) < 4.78 is 6.76. The van der Waals surface area contributed by atoms with Crippen molar-refractivity contribution in [2.24, 2.45) is 0 Å². The van der Waals surface area contributed by atoms with E-state index in [1.54, 1.807) is 0 Å². The number of aromatic carboxylic acids is 1. The van der Waals surface area contributed by atoms with Crippen LogP contribution in [0.25, 0.3) is 0 Å². The summed E-state index contributed by atoms with van der Waals surface area (Å²) in [5, 5.41) is 9.66. The van der Waals surface area contributed by atoms with E-state index in [9.17, 15) is 9.90 Å². The van der Waals surface area contributed by atoms with E-state index in [0.29, 0.717) is 10.8 Å². The molecule has 0 saturated heterocycles. The minimum atomic E-state index is -1.05. The molecule has 0 spiro atoms. The maximum Gasteiger partial charge on any atom is 0.339 e. The molecule has 0 heterocycles. The number of ether oxygens (including phenoxy) is 1. The summed E-state index contributed by atoms with van der Waals surface area (Å²) in [5.74, 6) is 0.0482. The van der Waals surface area contributed by atoms with E-state index in [-0.39, 0.29) is 17.2 Å². The summed E-state index contributed by atoms with van der Waals surface area (Å²) in [7, 11) is 0. The summed E-state index contributed by atoms with van der Waals surface area (Å²) in [5.41, 5.74) is 1.07. The van der Waals surface area contributed by atoms with Crippen molar-refractivity contribution in [3.8, 4) is 11.5 Å². The Morgan fingerprint density at radius 1 is 1.19 bits per heavy atom. The number of benzene rings is 2. The number of rotatable bonds is 4. The van der Waals surface area contributed by atoms with Crippen LogP contribution in [0.2, 0.25) is 5.02 Å². The Morgan fingerprint density at radius 2 is 1.90 bits per heavy atom. The van der Waals surface area contributed by atoms with Crippen molar-refractivity contribution in [3.05, 3.63) is 57.0 Å². The Bertz CT molecular complexity index is 683. The van der Waals surface area contributed by atoms with Crippen molar-refractivity contribution >= 4 is 33.5 Å². The second-order valence-corrected chi connectivity index (χ2v) is 6.24. The van der Waals surface area contributed by atoms with Gasteiger partial charge in [-0.2, -0.15) is 0 Å². The first-order valence-corrected chi connectivity index (χ1v) is 7.55. The predicted molar refractivity (Wildman–Crippen MR) is 86.7 cm³/mol. The number of carbonyl (C=O) groups is 1. The molecular formula is C16H14BrClO3. The molecule has 0 aliphatic heterocycles. The van der Waals surface area contributed by atoms with E-state index in [0.717, 1.165) is 10.0 Å². The molecule has 2 aromatic rings. The molecule has 0 amide bonds. The molecule has 0 aliphatic carbocycles. The number of halogens is 2. The summed E-state index contributed by atoms with van der Waals surface area (Å²) in [6.45, 7) is 4.09. The molecule has 21 heavy (non-hydrogen) atoms. The highest BCUT2D eigenvalue weighted by atomic mass is 79.9. The zero-order chi connectivity index (χ0) is 15.6. The largest absolute Gasteiger partial charge is 0.478 e. The van der Waals surface area contributed by atoms with Crippen molar-refractivity contribution in [1.29, 1.82) is 0 Å². The third-order valence-corrected chi connectivity index (χ3v) is 3.72. The van der Waals surface area contributed by atoms with E-state index in [1.807, 2.05) is 32.0 Å². The van der Waals surface area contributed by atoms with Crippen LogP contribution in [0.5, 0.6) is 11.5 Å². The smallest absolute Gasteiger partial charge is 0.339 e. The first-order valence-electron chi connectivity index (χ1n) is 6.38. The van der Waals surface area contributed by atoms with Gasteiger partial charge >= 0.3 is 5.97 Å². The van der Waals surface area contributed by atoms with Crippen molar-refractivity contribution in [1.82, 2.24) is 0 Å². The Balaban J connectivity index is 2.47. The minimum Gasteiger partial charge on any atom is -0.478 e. The third kappa shape index (κ3) is 3.77. The van der Waals surface area contributed by atoms with Gasteiger partial charge in [-0.25, -0.2) is 4.79 Å². The van der Waals surface area contributed by atoms with Gasteiger partial charge in [0.15, 0.2) is 0 Å². The quantitative estimate of drug-likeness (QED) is 0.750. The van der Waals surface area contributed by atoms with E-state index in [1.165, 1.54) is 18.2 Å². The number of carboxylic acids is 1. The van der Waals surface area contributed by atoms with Crippen LogP contribution in [0, 0.1) is 0 Å². The predicted octanol–water partition coefficient (Wildman–Crippen LogP) is 5.72. The van der Waals surface area contributed by atoms with Gasteiger partial charge in [0.2, 0.25) is 0 Å². The molecule has 0 atom stereocenters. The lowest BCUT2D eigenvalue weighted by molar-refractivity contribution is 0.0694. The van der Waals surface area contributed by atoms with Gasteiger partial charge in [-0.15, -0.1) is 0 Å². The van der Waals surface area contributed by atoms with Crippen LogP contribution in [0.15, 0.2) is 40.9 Å². The molecule has 5 heteroatoms. The van der Waals surface area contributed by atoms with Gasteiger partial charge < -0.3 is 9.84 Å². The van der Waals surface area contributed by atoms with Crippen LogP contribution in [0.4, 0.5) is 0 Å². The third-order valence-electron chi connectivity index (χ3n) is 2.99. The van der Waals surface area contributed by atoms with Crippen LogP contribution in [0.3, 0.4) is 0 Å². The Morgan fingerprint density at radius 3 is 2.52 bits per heavy atom. The highest BCUT2D eigenvalue weighted by molar-refractivity contribution is 9.10. The SMILES string of the molecule is CC(C)c1cc(Br)ccc1Oc1cc(Cl)ccc1C(=O)O. The Kier molecular flexibility index (Phi) is 4.91. The number of carboxylic acid groups (broad SMARTS) is 1. The lowest BCUT2D eigenvalue weighted by Gasteiger charge is -2.15. The fraction of sp³-hybridized carbons (Fsp3) is 0.188. The fourth-order valence-electron chi connectivity index (χ4n) is 1.94. The number of hydrogen-bond acceptors (Lipinski definition) is 2. The molecule has 2 aromatic carbocycles. The second kappa shape index (κ2) is 6.50. The number of hydrogen-bond donors (Lipinski definition) is 1. The monoisotopic (exact) mass is 368 g/mol. The average Bonchev–Trinajstić information content (AvgIpc) is 2.40.